The molecular formula is C15H27N3O3. The molecule has 0 aromatic rings. The van der Waals surface area contributed by atoms with Crippen molar-refractivity contribution in [3.8, 4) is 0 Å². The SMILES string of the molecule is CC(C)CC(=O)N(C)[C@@H](CC(N)=O)C(=O)N1CCCCC1. The average Bonchev–Trinajstić information content (AvgIpc) is 2.43. The van der Waals surface area contributed by atoms with E-state index in [9.17, 15) is 14.4 Å². The molecule has 1 fully saturated rings. The number of amides is 3. The molecule has 1 rings (SSSR count). The molecule has 6 nitrogen and oxygen atoms in total. The van der Waals surface area contributed by atoms with Crippen LogP contribution in [0.25, 0.3) is 0 Å². The lowest BCUT2D eigenvalue weighted by Crippen LogP contribution is -2.52. The van der Waals surface area contributed by atoms with Crippen LogP contribution < -0.4 is 5.73 Å². The van der Waals surface area contributed by atoms with Crippen molar-refractivity contribution in [3.05, 3.63) is 0 Å². The second kappa shape index (κ2) is 8.00. The molecule has 0 saturated carbocycles. The van der Waals surface area contributed by atoms with Gasteiger partial charge >= 0.3 is 0 Å². The van der Waals surface area contributed by atoms with Crippen LogP contribution in [0.5, 0.6) is 0 Å². The van der Waals surface area contributed by atoms with Crippen LogP contribution in [-0.4, -0.2) is 53.7 Å². The van der Waals surface area contributed by atoms with E-state index in [0.29, 0.717) is 19.5 Å². The largest absolute Gasteiger partial charge is 0.370 e. The summed E-state index contributed by atoms with van der Waals surface area (Å²) in [6.07, 6.45) is 3.30. The number of hydrogen-bond donors (Lipinski definition) is 1. The average molecular weight is 297 g/mol. The van der Waals surface area contributed by atoms with Crippen LogP contribution >= 0.6 is 0 Å². The third-order valence-corrected chi connectivity index (χ3v) is 3.79. The monoisotopic (exact) mass is 297 g/mol. The van der Waals surface area contributed by atoms with Crippen molar-refractivity contribution in [1.82, 2.24) is 9.80 Å². The van der Waals surface area contributed by atoms with E-state index in [1.807, 2.05) is 13.8 Å². The highest BCUT2D eigenvalue weighted by Gasteiger charge is 2.32. The van der Waals surface area contributed by atoms with Gasteiger partial charge in [-0.05, 0) is 25.2 Å². The van der Waals surface area contributed by atoms with Crippen molar-refractivity contribution in [2.24, 2.45) is 11.7 Å². The maximum absolute atomic E-state index is 12.6. The van der Waals surface area contributed by atoms with Crippen LogP contribution in [0.3, 0.4) is 0 Å². The van der Waals surface area contributed by atoms with E-state index < -0.39 is 11.9 Å². The smallest absolute Gasteiger partial charge is 0.245 e. The third kappa shape index (κ3) is 5.36. The van der Waals surface area contributed by atoms with Crippen LogP contribution in [-0.2, 0) is 14.4 Å². The summed E-state index contributed by atoms with van der Waals surface area (Å²) in [6, 6.07) is -0.771. The topological polar surface area (TPSA) is 83.7 Å². The number of likely N-dealkylation sites (N-methyl/N-ethyl adjacent to an activating group) is 1. The van der Waals surface area contributed by atoms with Crippen LogP contribution in [0, 0.1) is 5.92 Å². The molecule has 1 saturated heterocycles. The standard InChI is InChI=1S/C15H27N3O3/c1-11(2)9-14(20)17(3)12(10-13(16)19)15(21)18-7-5-4-6-8-18/h11-12H,4-10H2,1-3H3,(H2,16,19)/t12-/m0/s1. The van der Waals surface area contributed by atoms with Gasteiger partial charge in [0.1, 0.15) is 6.04 Å². The number of carbonyl (C=O) groups is 3. The molecule has 1 aliphatic heterocycles. The Hall–Kier alpha value is -1.59. The summed E-state index contributed by atoms with van der Waals surface area (Å²) >= 11 is 0. The van der Waals surface area contributed by atoms with Gasteiger partial charge in [-0.1, -0.05) is 13.8 Å². The molecule has 0 radical (unpaired) electrons. The molecule has 0 aromatic heterocycles. The molecule has 1 atom stereocenters. The third-order valence-electron chi connectivity index (χ3n) is 3.79. The first-order valence-corrected chi connectivity index (χ1v) is 7.65. The van der Waals surface area contributed by atoms with E-state index in [-0.39, 0.29) is 24.2 Å². The highest BCUT2D eigenvalue weighted by atomic mass is 16.2. The van der Waals surface area contributed by atoms with E-state index in [2.05, 4.69) is 0 Å². The number of hydrogen-bond acceptors (Lipinski definition) is 3. The van der Waals surface area contributed by atoms with Gasteiger partial charge in [-0.3, -0.25) is 14.4 Å². The second-order valence-corrected chi connectivity index (χ2v) is 6.17. The molecule has 3 amide bonds. The van der Waals surface area contributed by atoms with Crippen LogP contribution in [0.2, 0.25) is 0 Å². The minimum absolute atomic E-state index is 0.115. The Morgan fingerprint density at radius 3 is 2.14 bits per heavy atom. The first-order chi connectivity index (χ1) is 9.82. The van der Waals surface area contributed by atoms with Crippen LogP contribution in [0.1, 0.15) is 46.0 Å². The second-order valence-electron chi connectivity index (χ2n) is 6.17. The molecule has 1 aliphatic rings. The van der Waals surface area contributed by atoms with Crippen molar-refractivity contribution in [2.75, 3.05) is 20.1 Å². The summed E-state index contributed by atoms with van der Waals surface area (Å²) in [4.78, 5) is 39.2. The zero-order chi connectivity index (χ0) is 16.0. The molecule has 21 heavy (non-hydrogen) atoms. The Balaban J connectivity index is 2.80. The van der Waals surface area contributed by atoms with Gasteiger partial charge in [0.05, 0.1) is 6.42 Å². The summed E-state index contributed by atoms with van der Waals surface area (Å²) in [5.41, 5.74) is 5.25. The molecule has 0 spiro atoms. The van der Waals surface area contributed by atoms with E-state index >= 15 is 0 Å². The minimum Gasteiger partial charge on any atom is -0.370 e. The summed E-state index contributed by atoms with van der Waals surface area (Å²) in [5, 5.41) is 0. The van der Waals surface area contributed by atoms with Crippen molar-refractivity contribution < 1.29 is 14.4 Å². The number of nitrogens with two attached hydrogens (primary N) is 1. The van der Waals surface area contributed by atoms with Gasteiger partial charge in [-0.15, -0.1) is 0 Å². The lowest BCUT2D eigenvalue weighted by atomic mass is 10.0. The van der Waals surface area contributed by atoms with Gasteiger partial charge in [0, 0.05) is 26.6 Å². The van der Waals surface area contributed by atoms with Gasteiger partial charge < -0.3 is 15.5 Å². The van der Waals surface area contributed by atoms with E-state index in [1.165, 1.54) is 4.90 Å². The summed E-state index contributed by atoms with van der Waals surface area (Å²) in [5.74, 6) is -0.636. The molecule has 120 valence electrons. The summed E-state index contributed by atoms with van der Waals surface area (Å²) in [7, 11) is 1.58. The Kier molecular flexibility index (Phi) is 6.65. The zero-order valence-corrected chi connectivity index (χ0v) is 13.3. The zero-order valence-electron chi connectivity index (χ0n) is 13.3. The van der Waals surface area contributed by atoms with E-state index in [1.54, 1.807) is 11.9 Å². The fourth-order valence-corrected chi connectivity index (χ4v) is 2.57. The number of nitrogens with zero attached hydrogens (tertiary/aromatic N) is 2. The van der Waals surface area contributed by atoms with Crippen LogP contribution in [0.4, 0.5) is 0 Å². The maximum atomic E-state index is 12.6. The lowest BCUT2D eigenvalue weighted by Gasteiger charge is -2.34. The maximum Gasteiger partial charge on any atom is 0.245 e. The van der Waals surface area contributed by atoms with Crippen molar-refractivity contribution >= 4 is 17.7 Å². The van der Waals surface area contributed by atoms with Gasteiger partial charge in [0.25, 0.3) is 0 Å². The molecule has 0 unspecified atom stereocenters. The number of rotatable bonds is 6. The normalized spacial score (nSPS) is 16.7. The Labute approximate surface area is 126 Å². The fraction of sp³-hybridized carbons (Fsp3) is 0.800. The molecular weight excluding hydrogens is 270 g/mol. The molecule has 6 heteroatoms. The van der Waals surface area contributed by atoms with Gasteiger partial charge in [-0.2, -0.15) is 0 Å². The lowest BCUT2D eigenvalue weighted by molar-refractivity contribution is -0.147. The predicted molar refractivity (Wildman–Crippen MR) is 80.3 cm³/mol. The van der Waals surface area contributed by atoms with E-state index in [4.69, 9.17) is 5.73 Å². The molecule has 0 aliphatic carbocycles. The highest BCUT2D eigenvalue weighted by Crippen LogP contribution is 2.15. The van der Waals surface area contributed by atoms with Crippen molar-refractivity contribution in [2.45, 2.75) is 52.0 Å². The number of primary amides is 1. The van der Waals surface area contributed by atoms with Crippen molar-refractivity contribution in [3.63, 3.8) is 0 Å². The predicted octanol–water partition coefficient (Wildman–Crippen LogP) is 0.747. The quantitative estimate of drug-likeness (QED) is 0.785. The molecule has 0 aromatic carbocycles. The first-order valence-electron chi connectivity index (χ1n) is 7.65. The van der Waals surface area contributed by atoms with Gasteiger partial charge in [-0.25, -0.2) is 0 Å². The fourth-order valence-electron chi connectivity index (χ4n) is 2.57. The summed E-state index contributed by atoms with van der Waals surface area (Å²) in [6.45, 7) is 5.28. The summed E-state index contributed by atoms with van der Waals surface area (Å²) < 4.78 is 0. The Morgan fingerprint density at radius 1 is 1.10 bits per heavy atom. The number of likely N-dealkylation sites (tertiary alicyclic amines) is 1. The number of carbonyl (C=O) groups excluding carboxylic acids is 3. The first kappa shape index (κ1) is 17.5. The number of piperidine rings is 1. The molecule has 2 N–H and O–H groups in total. The Morgan fingerprint density at radius 2 is 1.67 bits per heavy atom. The van der Waals surface area contributed by atoms with Crippen LogP contribution in [0.15, 0.2) is 0 Å². The van der Waals surface area contributed by atoms with Gasteiger partial charge in [0.15, 0.2) is 0 Å². The molecule has 0 bridgehead atoms. The minimum atomic E-state index is -0.771. The van der Waals surface area contributed by atoms with Gasteiger partial charge in [0.2, 0.25) is 17.7 Å². The van der Waals surface area contributed by atoms with E-state index in [0.717, 1.165) is 19.3 Å². The Bertz CT molecular complexity index is 390. The molecule has 1 heterocycles. The highest BCUT2D eigenvalue weighted by molar-refractivity contribution is 5.91. The van der Waals surface area contributed by atoms with Crippen molar-refractivity contribution in [1.29, 1.82) is 0 Å².